The Hall–Kier alpha value is -2.00. The number of amides is 2. The van der Waals surface area contributed by atoms with Crippen LogP contribution in [-0.4, -0.2) is 49.6 Å². The van der Waals surface area contributed by atoms with Gasteiger partial charge < -0.3 is 25.4 Å². The number of nitrogens with two attached hydrogens (primary N) is 1. The van der Waals surface area contributed by atoms with Crippen LogP contribution < -0.4 is 15.8 Å². The molecule has 1 fully saturated rings. The van der Waals surface area contributed by atoms with Crippen LogP contribution >= 0.6 is 0 Å². The van der Waals surface area contributed by atoms with Crippen LogP contribution in [0, 0.1) is 0 Å². The summed E-state index contributed by atoms with van der Waals surface area (Å²) in [6, 6.07) is 5.22. The Labute approximate surface area is 144 Å². The summed E-state index contributed by atoms with van der Waals surface area (Å²) in [5, 5.41) is 2.78. The summed E-state index contributed by atoms with van der Waals surface area (Å²) in [7, 11) is 0. The van der Waals surface area contributed by atoms with Crippen molar-refractivity contribution < 1.29 is 27.4 Å². The van der Waals surface area contributed by atoms with Gasteiger partial charge in [-0.2, -0.15) is 0 Å². The van der Waals surface area contributed by atoms with Crippen molar-refractivity contribution in [3.63, 3.8) is 0 Å². The molecule has 1 heterocycles. The smallest absolute Gasteiger partial charge is 0.406 e. The number of rotatable bonds is 6. The monoisotopic (exact) mass is 361 g/mol. The van der Waals surface area contributed by atoms with E-state index in [-0.39, 0.29) is 24.4 Å². The summed E-state index contributed by atoms with van der Waals surface area (Å²) in [6.45, 7) is 2.22. The van der Waals surface area contributed by atoms with Crippen LogP contribution in [0.3, 0.4) is 0 Å². The van der Waals surface area contributed by atoms with Crippen LogP contribution in [0.2, 0.25) is 0 Å². The van der Waals surface area contributed by atoms with Crippen LogP contribution in [-0.2, 0) is 11.3 Å². The van der Waals surface area contributed by atoms with Gasteiger partial charge in [-0.05, 0) is 30.5 Å². The molecule has 2 rings (SSSR count). The molecule has 140 valence electrons. The molecule has 1 aromatic rings. The maximum Gasteiger partial charge on any atom is 0.573 e. The average molecular weight is 361 g/mol. The SMILES string of the molecule is NCCN(C(=O)NCc1ccc(OC(F)(F)F)cc1)C1CCOCC1. The minimum atomic E-state index is -4.72. The van der Waals surface area contributed by atoms with E-state index in [0.29, 0.717) is 31.9 Å². The number of nitrogens with zero attached hydrogens (tertiary/aromatic N) is 1. The Balaban J connectivity index is 1.88. The third kappa shape index (κ3) is 6.43. The third-order valence-corrected chi connectivity index (χ3v) is 3.86. The first kappa shape index (κ1) is 19.3. The minimum absolute atomic E-state index is 0.0832. The Morgan fingerprint density at radius 1 is 1.28 bits per heavy atom. The molecule has 0 radical (unpaired) electrons. The van der Waals surface area contributed by atoms with Crippen LogP contribution in [0.4, 0.5) is 18.0 Å². The van der Waals surface area contributed by atoms with Gasteiger partial charge in [-0.1, -0.05) is 12.1 Å². The van der Waals surface area contributed by atoms with Gasteiger partial charge >= 0.3 is 12.4 Å². The number of nitrogens with one attached hydrogen (secondary N) is 1. The zero-order valence-corrected chi connectivity index (χ0v) is 13.7. The first-order chi connectivity index (χ1) is 11.9. The molecule has 0 saturated carbocycles. The van der Waals surface area contributed by atoms with Gasteiger partial charge in [-0.15, -0.1) is 13.2 Å². The summed E-state index contributed by atoms with van der Waals surface area (Å²) in [6.07, 6.45) is -3.20. The zero-order chi connectivity index (χ0) is 18.3. The number of hydrogen-bond donors (Lipinski definition) is 2. The van der Waals surface area contributed by atoms with Crippen molar-refractivity contribution in [2.24, 2.45) is 5.73 Å². The molecule has 3 N–H and O–H groups in total. The highest BCUT2D eigenvalue weighted by Gasteiger charge is 2.31. The molecule has 6 nitrogen and oxygen atoms in total. The Morgan fingerprint density at radius 2 is 1.92 bits per heavy atom. The molecule has 25 heavy (non-hydrogen) atoms. The molecule has 0 bridgehead atoms. The summed E-state index contributed by atoms with van der Waals surface area (Å²) in [5.74, 6) is -0.297. The lowest BCUT2D eigenvalue weighted by molar-refractivity contribution is -0.274. The van der Waals surface area contributed by atoms with Crippen LogP contribution in [0.1, 0.15) is 18.4 Å². The number of carbonyl (C=O) groups is 1. The fourth-order valence-corrected chi connectivity index (χ4v) is 2.67. The van der Waals surface area contributed by atoms with Crippen molar-refractivity contribution in [2.45, 2.75) is 31.8 Å². The molecular formula is C16H22F3N3O3. The predicted molar refractivity (Wildman–Crippen MR) is 85.0 cm³/mol. The topological polar surface area (TPSA) is 76.8 Å². The highest BCUT2D eigenvalue weighted by Crippen LogP contribution is 2.22. The normalized spacial score (nSPS) is 15.7. The number of hydrogen-bond acceptors (Lipinski definition) is 4. The summed E-state index contributed by atoms with van der Waals surface area (Å²) in [5.41, 5.74) is 6.26. The zero-order valence-electron chi connectivity index (χ0n) is 13.7. The van der Waals surface area contributed by atoms with Gasteiger partial charge in [0, 0.05) is 38.9 Å². The summed E-state index contributed by atoms with van der Waals surface area (Å²) in [4.78, 5) is 14.1. The Kier molecular flexibility index (Phi) is 6.89. The van der Waals surface area contributed by atoms with Gasteiger partial charge in [0.15, 0.2) is 0 Å². The number of carbonyl (C=O) groups excluding carboxylic acids is 1. The molecule has 1 aromatic carbocycles. The van der Waals surface area contributed by atoms with Gasteiger partial charge in [0.25, 0.3) is 0 Å². The van der Waals surface area contributed by atoms with Gasteiger partial charge in [0.1, 0.15) is 5.75 Å². The van der Waals surface area contributed by atoms with E-state index >= 15 is 0 Å². The van der Waals surface area contributed by atoms with E-state index in [1.54, 1.807) is 4.90 Å². The molecule has 1 saturated heterocycles. The Bertz CT molecular complexity index is 546. The van der Waals surface area contributed by atoms with Gasteiger partial charge in [0.2, 0.25) is 0 Å². The number of alkyl halides is 3. The van der Waals surface area contributed by atoms with E-state index in [9.17, 15) is 18.0 Å². The lowest BCUT2D eigenvalue weighted by atomic mass is 10.1. The second kappa shape index (κ2) is 8.91. The summed E-state index contributed by atoms with van der Waals surface area (Å²) < 4.78 is 45.5. The van der Waals surface area contributed by atoms with Crippen molar-refractivity contribution in [3.05, 3.63) is 29.8 Å². The van der Waals surface area contributed by atoms with Crippen molar-refractivity contribution in [1.82, 2.24) is 10.2 Å². The fourth-order valence-electron chi connectivity index (χ4n) is 2.67. The maximum atomic E-state index is 12.4. The van der Waals surface area contributed by atoms with Gasteiger partial charge in [0.05, 0.1) is 0 Å². The van der Waals surface area contributed by atoms with E-state index in [0.717, 1.165) is 12.8 Å². The number of ether oxygens (including phenoxy) is 2. The van der Waals surface area contributed by atoms with E-state index < -0.39 is 6.36 Å². The Morgan fingerprint density at radius 3 is 2.48 bits per heavy atom. The molecule has 0 atom stereocenters. The number of halogens is 3. The second-order valence-electron chi connectivity index (χ2n) is 5.68. The standard InChI is InChI=1S/C16H22F3N3O3/c17-16(18,19)25-14-3-1-12(2-4-14)11-21-15(23)22(8-7-20)13-5-9-24-10-6-13/h1-4,13H,5-11,20H2,(H,21,23). The van der Waals surface area contributed by atoms with Crippen LogP contribution in [0.25, 0.3) is 0 Å². The van der Waals surface area contributed by atoms with E-state index in [1.165, 1.54) is 24.3 Å². The van der Waals surface area contributed by atoms with E-state index in [2.05, 4.69) is 10.1 Å². The maximum absolute atomic E-state index is 12.4. The van der Waals surface area contributed by atoms with Crippen molar-refractivity contribution in [2.75, 3.05) is 26.3 Å². The number of benzene rings is 1. The molecular weight excluding hydrogens is 339 g/mol. The molecule has 9 heteroatoms. The predicted octanol–water partition coefficient (Wildman–Crippen LogP) is 2.23. The van der Waals surface area contributed by atoms with E-state index in [1.807, 2.05) is 0 Å². The molecule has 0 spiro atoms. The third-order valence-electron chi connectivity index (χ3n) is 3.86. The van der Waals surface area contributed by atoms with E-state index in [4.69, 9.17) is 10.5 Å². The minimum Gasteiger partial charge on any atom is -0.406 e. The lowest BCUT2D eigenvalue weighted by Crippen LogP contribution is -2.49. The van der Waals surface area contributed by atoms with Crippen molar-refractivity contribution in [1.29, 1.82) is 0 Å². The quantitative estimate of drug-likeness (QED) is 0.815. The molecule has 2 amide bonds. The highest BCUT2D eigenvalue weighted by atomic mass is 19.4. The molecule has 0 unspecified atom stereocenters. The number of urea groups is 1. The summed E-state index contributed by atoms with van der Waals surface area (Å²) >= 11 is 0. The highest BCUT2D eigenvalue weighted by molar-refractivity contribution is 5.74. The molecule has 1 aliphatic rings. The molecule has 0 aliphatic carbocycles. The molecule has 0 aromatic heterocycles. The first-order valence-corrected chi connectivity index (χ1v) is 8.06. The average Bonchev–Trinajstić information content (AvgIpc) is 2.58. The molecule has 1 aliphatic heterocycles. The van der Waals surface area contributed by atoms with Crippen molar-refractivity contribution >= 4 is 6.03 Å². The van der Waals surface area contributed by atoms with Crippen LogP contribution in [0.15, 0.2) is 24.3 Å². The van der Waals surface area contributed by atoms with Crippen molar-refractivity contribution in [3.8, 4) is 5.75 Å². The first-order valence-electron chi connectivity index (χ1n) is 8.06. The fraction of sp³-hybridized carbons (Fsp3) is 0.562. The second-order valence-corrected chi connectivity index (χ2v) is 5.68. The lowest BCUT2D eigenvalue weighted by Gasteiger charge is -2.34. The largest absolute Gasteiger partial charge is 0.573 e. The van der Waals surface area contributed by atoms with Crippen LogP contribution in [0.5, 0.6) is 5.75 Å². The van der Waals surface area contributed by atoms with Gasteiger partial charge in [-0.3, -0.25) is 0 Å². The van der Waals surface area contributed by atoms with Gasteiger partial charge in [-0.25, -0.2) is 4.79 Å².